The monoisotopic (exact) mass is 351 g/mol. The second-order valence-corrected chi connectivity index (χ2v) is 5.21. The summed E-state index contributed by atoms with van der Waals surface area (Å²) in [5, 5.41) is 0. The van der Waals surface area contributed by atoms with E-state index in [1.807, 2.05) is 0 Å². The highest BCUT2D eigenvalue weighted by atomic mass is 79.9. The molecule has 0 saturated carbocycles. The summed E-state index contributed by atoms with van der Waals surface area (Å²) < 4.78 is 12.4. The Bertz CT molecular complexity index is 678. The second-order valence-electron chi connectivity index (χ2n) is 4.35. The first-order valence-electron chi connectivity index (χ1n) is 6.18. The number of carbonyl (C=O) groups is 2. The van der Waals surface area contributed by atoms with Crippen molar-refractivity contribution in [3.8, 4) is 5.75 Å². The number of esters is 1. The number of aryl methyl sites for hydroxylation is 1. The average molecular weight is 352 g/mol. The molecule has 6 heteroatoms. The topological polar surface area (TPSA) is 57.5 Å². The largest absolute Gasteiger partial charge is 0.484 e. The number of methoxy groups -OCH3 is 1. The lowest BCUT2D eigenvalue weighted by Gasteiger charge is -2.09. The summed E-state index contributed by atoms with van der Waals surface area (Å²) >= 11 is 3.31. The molecule has 0 atom stereocenters. The quantitative estimate of drug-likeness (QED) is 0.613. The zero-order chi connectivity index (χ0) is 15.4. The molecule has 0 radical (unpaired) electrons. The first-order chi connectivity index (χ1) is 10.0. The Balaban J connectivity index is 2.05. The zero-order valence-electron chi connectivity index (χ0n) is 11.6. The van der Waals surface area contributed by atoms with Crippen LogP contribution in [0.3, 0.4) is 0 Å². The number of halogens is 1. The van der Waals surface area contributed by atoms with Crippen molar-refractivity contribution in [1.82, 2.24) is 4.57 Å². The fraction of sp³-hybridized carbons (Fsp3) is 0.200. The molecule has 0 unspecified atom stereocenters. The summed E-state index contributed by atoms with van der Waals surface area (Å²) in [7, 11) is 3.12. The number of Topliss-reactive ketones (excluding diaryl/α,β-unsaturated/α-hetero) is 1. The highest BCUT2D eigenvalue weighted by molar-refractivity contribution is 9.10. The van der Waals surface area contributed by atoms with Crippen LogP contribution in [0.4, 0.5) is 0 Å². The molecule has 0 bridgehead atoms. The van der Waals surface area contributed by atoms with Crippen LogP contribution in [0.1, 0.15) is 20.8 Å². The molecule has 0 saturated heterocycles. The van der Waals surface area contributed by atoms with Crippen LogP contribution in [0.5, 0.6) is 5.75 Å². The Morgan fingerprint density at radius 2 is 2.05 bits per heavy atom. The summed E-state index contributed by atoms with van der Waals surface area (Å²) in [4.78, 5) is 23.4. The molecule has 0 spiro atoms. The molecule has 0 aliphatic carbocycles. The van der Waals surface area contributed by atoms with E-state index in [-0.39, 0.29) is 12.4 Å². The Labute approximate surface area is 130 Å². The highest BCUT2D eigenvalue weighted by Crippen LogP contribution is 2.26. The van der Waals surface area contributed by atoms with E-state index in [9.17, 15) is 9.59 Å². The molecule has 2 rings (SSSR count). The summed E-state index contributed by atoms with van der Waals surface area (Å²) in [5.74, 6) is -0.0567. The fourth-order valence-corrected chi connectivity index (χ4v) is 2.32. The Morgan fingerprint density at radius 3 is 2.62 bits per heavy atom. The van der Waals surface area contributed by atoms with Gasteiger partial charge in [-0.05, 0) is 46.3 Å². The van der Waals surface area contributed by atoms with Gasteiger partial charge in [0.1, 0.15) is 5.75 Å². The molecule has 0 aliphatic rings. The van der Waals surface area contributed by atoms with Gasteiger partial charge in [0.25, 0.3) is 0 Å². The van der Waals surface area contributed by atoms with Crippen molar-refractivity contribution in [2.75, 3.05) is 13.7 Å². The van der Waals surface area contributed by atoms with Gasteiger partial charge in [0, 0.05) is 13.2 Å². The normalized spacial score (nSPS) is 10.2. The second kappa shape index (κ2) is 6.58. The van der Waals surface area contributed by atoms with Crippen LogP contribution >= 0.6 is 15.9 Å². The van der Waals surface area contributed by atoms with Gasteiger partial charge < -0.3 is 14.0 Å². The van der Waals surface area contributed by atoms with Gasteiger partial charge in [0.15, 0.2) is 6.61 Å². The first kappa shape index (κ1) is 15.3. The van der Waals surface area contributed by atoms with E-state index >= 15 is 0 Å². The van der Waals surface area contributed by atoms with Gasteiger partial charge in [-0.15, -0.1) is 0 Å². The van der Waals surface area contributed by atoms with Gasteiger partial charge in [-0.25, -0.2) is 4.79 Å². The van der Waals surface area contributed by atoms with Crippen molar-refractivity contribution < 1.29 is 19.1 Å². The molecule has 0 N–H and O–H groups in total. The van der Waals surface area contributed by atoms with Gasteiger partial charge in [-0.3, -0.25) is 4.79 Å². The minimum Gasteiger partial charge on any atom is -0.484 e. The minimum atomic E-state index is -0.429. The lowest BCUT2D eigenvalue weighted by molar-refractivity contribution is 0.0600. The number of nitrogens with zero attached hydrogens (tertiary/aromatic N) is 1. The number of rotatable bonds is 5. The number of hydrogen-bond donors (Lipinski definition) is 0. The maximum Gasteiger partial charge on any atom is 0.337 e. The molecule has 21 heavy (non-hydrogen) atoms. The minimum absolute atomic E-state index is 0.0754. The van der Waals surface area contributed by atoms with Crippen molar-refractivity contribution >= 4 is 27.7 Å². The van der Waals surface area contributed by atoms with E-state index in [2.05, 4.69) is 20.7 Å². The Morgan fingerprint density at radius 1 is 1.29 bits per heavy atom. The van der Waals surface area contributed by atoms with E-state index < -0.39 is 5.97 Å². The smallest absolute Gasteiger partial charge is 0.337 e. The number of ether oxygens (including phenoxy) is 2. The van der Waals surface area contributed by atoms with Crippen LogP contribution in [0.2, 0.25) is 0 Å². The van der Waals surface area contributed by atoms with Gasteiger partial charge in [-0.1, -0.05) is 0 Å². The molecule has 0 aliphatic heterocycles. The lowest BCUT2D eigenvalue weighted by atomic mass is 10.2. The summed E-state index contributed by atoms with van der Waals surface area (Å²) in [6.45, 7) is -0.0754. The molecular weight excluding hydrogens is 338 g/mol. The standard InChI is InChI=1S/C15H14BrNO4/c1-17-7-3-4-12(17)13(18)9-21-14-6-5-10(8-11(14)16)15(19)20-2/h3-8H,9H2,1-2H3. The van der Waals surface area contributed by atoms with Gasteiger partial charge in [-0.2, -0.15) is 0 Å². The van der Waals surface area contributed by atoms with Crippen molar-refractivity contribution in [2.45, 2.75) is 0 Å². The average Bonchev–Trinajstić information content (AvgIpc) is 2.91. The predicted molar refractivity (Wildman–Crippen MR) is 80.7 cm³/mol. The molecule has 110 valence electrons. The van der Waals surface area contributed by atoms with E-state index in [0.717, 1.165) is 0 Å². The molecule has 1 aromatic heterocycles. The van der Waals surface area contributed by atoms with E-state index in [1.165, 1.54) is 7.11 Å². The van der Waals surface area contributed by atoms with Gasteiger partial charge in [0.2, 0.25) is 5.78 Å². The van der Waals surface area contributed by atoms with Gasteiger partial charge >= 0.3 is 5.97 Å². The van der Waals surface area contributed by atoms with E-state index in [4.69, 9.17) is 4.74 Å². The van der Waals surface area contributed by atoms with Crippen molar-refractivity contribution in [3.63, 3.8) is 0 Å². The maximum atomic E-state index is 12.0. The number of benzene rings is 1. The summed E-state index contributed by atoms with van der Waals surface area (Å²) in [6, 6.07) is 8.33. The van der Waals surface area contributed by atoms with E-state index in [0.29, 0.717) is 21.5 Å². The third-order valence-corrected chi connectivity index (χ3v) is 3.56. The Hall–Kier alpha value is -2.08. The van der Waals surface area contributed by atoms with Gasteiger partial charge in [0.05, 0.1) is 22.8 Å². The number of ketones is 1. The molecule has 1 heterocycles. The number of hydrogen-bond acceptors (Lipinski definition) is 4. The molecule has 0 fully saturated rings. The predicted octanol–water partition coefficient (Wildman–Crippen LogP) is 2.84. The number of carbonyl (C=O) groups excluding carboxylic acids is 2. The van der Waals surface area contributed by atoms with Crippen LogP contribution in [0.15, 0.2) is 41.0 Å². The third-order valence-electron chi connectivity index (χ3n) is 2.94. The maximum absolute atomic E-state index is 12.0. The molecule has 1 aromatic carbocycles. The summed E-state index contributed by atoms with van der Waals surface area (Å²) in [5.41, 5.74) is 0.989. The van der Waals surface area contributed by atoms with Crippen LogP contribution in [0.25, 0.3) is 0 Å². The van der Waals surface area contributed by atoms with Crippen LogP contribution in [-0.4, -0.2) is 30.0 Å². The SMILES string of the molecule is COC(=O)c1ccc(OCC(=O)c2cccn2C)c(Br)c1. The highest BCUT2D eigenvalue weighted by Gasteiger charge is 2.13. The summed E-state index contributed by atoms with van der Waals surface area (Å²) in [6.07, 6.45) is 1.80. The first-order valence-corrected chi connectivity index (χ1v) is 6.97. The zero-order valence-corrected chi connectivity index (χ0v) is 13.2. The number of aromatic nitrogens is 1. The fourth-order valence-electron chi connectivity index (χ4n) is 1.83. The third kappa shape index (κ3) is 3.52. The lowest BCUT2D eigenvalue weighted by Crippen LogP contribution is -2.15. The van der Waals surface area contributed by atoms with Crippen molar-refractivity contribution in [2.24, 2.45) is 7.05 Å². The van der Waals surface area contributed by atoms with Crippen molar-refractivity contribution in [1.29, 1.82) is 0 Å². The molecule has 2 aromatic rings. The van der Waals surface area contributed by atoms with Crippen LogP contribution < -0.4 is 4.74 Å². The van der Waals surface area contributed by atoms with Crippen LogP contribution in [-0.2, 0) is 11.8 Å². The van der Waals surface area contributed by atoms with E-state index in [1.54, 1.807) is 48.1 Å². The van der Waals surface area contributed by atoms with Crippen molar-refractivity contribution in [3.05, 3.63) is 52.3 Å². The Kier molecular flexibility index (Phi) is 4.80. The van der Waals surface area contributed by atoms with Crippen LogP contribution in [0, 0.1) is 0 Å². The molecule has 5 nitrogen and oxygen atoms in total. The molecule has 0 amide bonds. The molecular formula is C15H14BrNO4.